The summed E-state index contributed by atoms with van der Waals surface area (Å²) in [5.74, 6) is 0.0623. The summed E-state index contributed by atoms with van der Waals surface area (Å²) in [5.41, 5.74) is -0.147. The van der Waals surface area contributed by atoms with Crippen LogP contribution < -0.4 is 5.32 Å². The minimum atomic E-state index is -0.522. The average Bonchev–Trinajstić information content (AvgIpc) is 2.46. The molecule has 0 radical (unpaired) electrons. The Morgan fingerprint density at radius 3 is 2.80 bits per heavy atom. The maximum Gasteiger partial charge on any atom is 0.312 e. The van der Waals surface area contributed by atoms with Crippen molar-refractivity contribution >= 4 is 33.3 Å². The molecule has 1 saturated heterocycles. The molecule has 0 saturated carbocycles. The first-order valence-corrected chi connectivity index (χ1v) is 7.19. The standard InChI is InChI=1S/C12H15BrN4O3/c13-9-6-10(17(19)20)12(14-7-9)15-8-11(18)16-4-2-1-3-5-16/h6-7H,1-5,8H2,(H,14,15). The molecule has 1 amide bonds. The Hall–Kier alpha value is -1.70. The summed E-state index contributed by atoms with van der Waals surface area (Å²) < 4.78 is 0.525. The smallest absolute Gasteiger partial charge is 0.312 e. The van der Waals surface area contributed by atoms with Crippen LogP contribution in [0.5, 0.6) is 0 Å². The highest BCUT2D eigenvalue weighted by Crippen LogP contribution is 2.25. The zero-order valence-corrected chi connectivity index (χ0v) is 12.4. The molecule has 2 heterocycles. The summed E-state index contributed by atoms with van der Waals surface area (Å²) in [6, 6.07) is 1.36. The fraction of sp³-hybridized carbons (Fsp3) is 0.500. The Kier molecular flexibility index (Phi) is 4.89. The van der Waals surface area contributed by atoms with E-state index in [-0.39, 0.29) is 24.0 Å². The first-order valence-electron chi connectivity index (χ1n) is 6.39. The van der Waals surface area contributed by atoms with E-state index in [9.17, 15) is 14.9 Å². The van der Waals surface area contributed by atoms with Gasteiger partial charge in [-0.3, -0.25) is 14.9 Å². The molecule has 108 valence electrons. The summed E-state index contributed by atoms with van der Waals surface area (Å²) in [7, 11) is 0. The number of rotatable bonds is 4. The van der Waals surface area contributed by atoms with Crippen molar-refractivity contribution in [1.29, 1.82) is 0 Å². The quantitative estimate of drug-likeness (QED) is 0.669. The minimum Gasteiger partial charge on any atom is -0.355 e. The van der Waals surface area contributed by atoms with Crippen molar-refractivity contribution in [3.8, 4) is 0 Å². The van der Waals surface area contributed by atoms with E-state index < -0.39 is 4.92 Å². The average molecular weight is 343 g/mol. The molecule has 2 rings (SSSR count). The molecule has 1 aliphatic heterocycles. The normalized spacial score (nSPS) is 14.9. The van der Waals surface area contributed by atoms with Crippen LogP contribution in [0.1, 0.15) is 19.3 Å². The van der Waals surface area contributed by atoms with Gasteiger partial charge in [0.2, 0.25) is 11.7 Å². The fourth-order valence-electron chi connectivity index (χ4n) is 2.12. The zero-order chi connectivity index (χ0) is 14.5. The predicted octanol–water partition coefficient (Wildman–Crippen LogP) is 2.18. The predicted molar refractivity (Wildman–Crippen MR) is 77.5 cm³/mol. The van der Waals surface area contributed by atoms with Crippen LogP contribution in [0.4, 0.5) is 11.5 Å². The lowest BCUT2D eigenvalue weighted by atomic mass is 10.1. The Labute approximate surface area is 124 Å². The molecule has 0 aromatic carbocycles. The molecule has 0 unspecified atom stereocenters. The van der Waals surface area contributed by atoms with E-state index in [1.54, 1.807) is 4.90 Å². The van der Waals surface area contributed by atoms with E-state index in [2.05, 4.69) is 26.2 Å². The van der Waals surface area contributed by atoms with Crippen LogP contribution in [0.15, 0.2) is 16.7 Å². The van der Waals surface area contributed by atoms with E-state index in [0.717, 1.165) is 32.4 Å². The fourth-order valence-corrected chi connectivity index (χ4v) is 2.44. The Balaban J connectivity index is 1.99. The van der Waals surface area contributed by atoms with Crippen molar-refractivity contribution < 1.29 is 9.72 Å². The van der Waals surface area contributed by atoms with Crippen LogP contribution in [0.2, 0.25) is 0 Å². The molecule has 20 heavy (non-hydrogen) atoms. The van der Waals surface area contributed by atoms with Gasteiger partial charge in [0, 0.05) is 29.8 Å². The van der Waals surface area contributed by atoms with Crippen molar-refractivity contribution in [2.24, 2.45) is 0 Å². The second-order valence-electron chi connectivity index (χ2n) is 4.57. The molecule has 1 N–H and O–H groups in total. The number of carbonyl (C=O) groups is 1. The molecule has 1 fully saturated rings. The number of aromatic nitrogens is 1. The topological polar surface area (TPSA) is 88.4 Å². The lowest BCUT2D eigenvalue weighted by Crippen LogP contribution is -2.39. The summed E-state index contributed by atoms with van der Waals surface area (Å²) in [6.07, 6.45) is 4.64. The van der Waals surface area contributed by atoms with Crippen LogP contribution in [0.25, 0.3) is 0 Å². The molecular formula is C12H15BrN4O3. The number of nitrogens with one attached hydrogen (secondary N) is 1. The Morgan fingerprint density at radius 1 is 1.45 bits per heavy atom. The van der Waals surface area contributed by atoms with Crippen LogP contribution in [-0.2, 0) is 4.79 Å². The van der Waals surface area contributed by atoms with Crippen molar-refractivity contribution in [3.05, 3.63) is 26.9 Å². The summed E-state index contributed by atoms with van der Waals surface area (Å²) in [6.45, 7) is 1.54. The largest absolute Gasteiger partial charge is 0.355 e. The summed E-state index contributed by atoms with van der Waals surface area (Å²) in [4.78, 5) is 28.1. The maximum atomic E-state index is 12.0. The van der Waals surface area contributed by atoms with Crippen molar-refractivity contribution in [3.63, 3.8) is 0 Å². The molecule has 8 heteroatoms. The number of hydrogen-bond donors (Lipinski definition) is 1. The molecule has 7 nitrogen and oxygen atoms in total. The molecule has 1 aromatic heterocycles. The van der Waals surface area contributed by atoms with Crippen LogP contribution in [0.3, 0.4) is 0 Å². The van der Waals surface area contributed by atoms with E-state index >= 15 is 0 Å². The molecule has 0 spiro atoms. The molecular weight excluding hydrogens is 328 g/mol. The second-order valence-corrected chi connectivity index (χ2v) is 5.49. The number of nitro groups is 1. The minimum absolute atomic E-state index is 0.0233. The van der Waals surface area contributed by atoms with Gasteiger partial charge in [0.1, 0.15) is 0 Å². The van der Waals surface area contributed by atoms with Crippen molar-refractivity contribution in [2.75, 3.05) is 25.0 Å². The van der Waals surface area contributed by atoms with E-state index in [4.69, 9.17) is 0 Å². The lowest BCUT2D eigenvalue weighted by Gasteiger charge is -2.26. The second kappa shape index (κ2) is 6.65. The number of amides is 1. The van der Waals surface area contributed by atoms with Crippen LogP contribution in [-0.4, -0.2) is 40.3 Å². The van der Waals surface area contributed by atoms with Gasteiger partial charge in [-0.1, -0.05) is 0 Å². The van der Waals surface area contributed by atoms with Crippen molar-refractivity contribution in [2.45, 2.75) is 19.3 Å². The third kappa shape index (κ3) is 3.66. The zero-order valence-electron chi connectivity index (χ0n) is 10.8. The number of anilines is 1. The van der Waals surface area contributed by atoms with E-state index in [0.29, 0.717) is 4.47 Å². The highest BCUT2D eigenvalue weighted by atomic mass is 79.9. The maximum absolute atomic E-state index is 12.0. The molecule has 0 bridgehead atoms. The monoisotopic (exact) mass is 342 g/mol. The SMILES string of the molecule is O=C(CNc1ncc(Br)cc1[N+](=O)[O-])N1CCCCC1. The van der Waals surface area contributed by atoms with Crippen molar-refractivity contribution in [1.82, 2.24) is 9.88 Å². The van der Waals surface area contributed by atoms with Gasteiger partial charge in [0.15, 0.2) is 0 Å². The molecule has 0 aliphatic carbocycles. The number of halogens is 1. The van der Waals surface area contributed by atoms with Gasteiger partial charge in [-0.2, -0.15) is 0 Å². The molecule has 1 aliphatic rings. The summed E-state index contributed by atoms with van der Waals surface area (Å²) >= 11 is 3.14. The first kappa shape index (κ1) is 14.7. The number of pyridine rings is 1. The highest BCUT2D eigenvalue weighted by molar-refractivity contribution is 9.10. The van der Waals surface area contributed by atoms with Gasteiger partial charge in [-0.05, 0) is 35.2 Å². The number of nitrogens with zero attached hydrogens (tertiary/aromatic N) is 3. The van der Waals surface area contributed by atoms with E-state index in [1.807, 2.05) is 0 Å². The third-order valence-corrected chi connectivity index (χ3v) is 3.58. The van der Waals surface area contributed by atoms with Gasteiger partial charge in [-0.25, -0.2) is 4.98 Å². The lowest BCUT2D eigenvalue weighted by molar-refractivity contribution is -0.384. The molecule has 0 atom stereocenters. The third-order valence-electron chi connectivity index (χ3n) is 3.15. The number of hydrogen-bond acceptors (Lipinski definition) is 5. The molecule has 1 aromatic rings. The van der Waals surface area contributed by atoms with Gasteiger partial charge >= 0.3 is 5.69 Å². The first-order chi connectivity index (χ1) is 9.58. The Bertz CT molecular complexity index is 517. The van der Waals surface area contributed by atoms with Crippen LogP contribution >= 0.6 is 15.9 Å². The number of carbonyl (C=O) groups excluding carboxylic acids is 1. The number of likely N-dealkylation sites (tertiary alicyclic amines) is 1. The van der Waals surface area contributed by atoms with Crippen LogP contribution in [0, 0.1) is 10.1 Å². The van der Waals surface area contributed by atoms with Gasteiger partial charge in [0.05, 0.1) is 11.5 Å². The van der Waals surface area contributed by atoms with E-state index in [1.165, 1.54) is 12.3 Å². The number of piperidine rings is 1. The van der Waals surface area contributed by atoms with Gasteiger partial charge in [0.25, 0.3) is 0 Å². The summed E-state index contributed by atoms with van der Waals surface area (Å²) in [5, 5.41) is 13.7. The highest BCUT2D eigenvalue weighted by Gasteiger charge is 2.19. The van der Waals surface area contributed by atoms with Gasteiger partial charge < -0.3 is 10.2 Å². The van der Waals surface area contributed by atoms with Gasteiger partial charge in [-0.15, -0.1) is 0 Å². The Morgan fingerprint density at radius 2 is 2.15 bits per heavy atom.